The highest BCUT2D eigenvalue weighted by Gasteiger charge is 2.60. The molecule has 7 atom stereocenters. The van der Waals surface area contributed by atoms with Crippen molar-refractivity contribution in [3.63, 3.8) is 0 Å². The molecule has 0 amide bonds. The smallest absolute Gasteiger partial charge is 0.102 e. The Morgan fingerprint density at radius 2 is 1.14 bits per heavy atom. The molecule has 4 nitrogen and oxygen atoms in total. The van der Waals surface area contributed by atoms with Crippen LogP contribution in [0.2, 0.25) is 0 Å². The molecule has 0 spiro atoms. The Hall–Kier alpha value is -2.30. The molecule has 3 N–H and O–H groups in total. The monoisotopic (exact) mass is 652 g/mol. The molecule has 4 aromatic rings. The van der Waals surface area contributed by atoms with E-state index >= 15 is 0 Å². The van der Waals surface area contributed by atoms with Gasteiger partial charge >= 0.3 is 0 Å². The predicted molar refractivity (Wildman–Crippen MR) is 187 cm³/mol. The van der Waals surface area contributed by atoms with Crippen LogP contribution < -0.4 is 16.5 Å². The van der Waals surface area contributed by atoms with Crippen LogP contribution in [-0.4, -0.2) is 27.6 Å². The van der Waals surface area contributed by atoms with Crippen LogP contribution in [-0.2, 0) is 0 Å². The summed E-state index contributed by atoms with van der Waals surface area (Å²) in [4.78, 5) is 6.83. The van der Waals surface area contributed by atoms with Gasteiger partial charge in [0.05, 0.1) is 12.1 Å². The van der Waals surface area contributed by atoms with E-state index in [1.54, 1.807) is 0 Å². The maximum Gasteiger partial charge on any atom is 0.102 e. The van der Waals surface area contributed by atoms with Crippen LogP contribution in [0.25, 0.3) is 0 Å². The first-order valence-corrected chi connectivity index (χ1v) is 18.9. The van der Waals surface area contributed by atoms with E-state index in [-0.39, 0.29) is 6.04 Å². The largest absolute Gasteiger partial charge is 0.281 e. The van der Waals surface area contributed by atoms with Gasteiger partial charge in [-0.15, -0.1) is 23.5 Å². The van der Waals surface area contributed by atoms with Crippen LogP contribution in [0.15, 0.2) is 151 Å². The number of thioether (sulfide) groups is 4. The minimum atomic E-state index is 0.263. The summed E-state index contributed by atoms with van der Waals surface area (Å²) in [5, 5.41) is 4.73. The van der Waals surface area contributed by atoms with Crippen LogP contribution >= 0.6 is 47.0 Å². The lowest BCUT2D eigenvalue weighted by molar-refractivity contribution is -0.0625. The van der Waals surface area contributed by atoms with Gasteiger partial charge in [-0.25, -0.2) is 5.43 Å². The van der Waals surface area contributed by atoms with Gasteiger partial charge < -0.3 is 0 Å². The first-order chi connectivity index (χ1) is 21.8. The van der Waals surface area contributed by atoms with Crippen molar-refractivity contribution < 1.29 is 0 Å². The molecule has 7 unspecified atom stereocenters. The molecule has 4 aliphatic rings. The Bertz CT molecular complexity index is 1450. The van der Waals surface area contributed by atoms with Crippen molar-refractivity contribution >= 4 is 47.0 Å². The fourth-order valence-electron chi connectivity index (χ4n) is 7.57. The SMILES string of the molecule is c1ccc(SC2=C(Sc3ccccc3)N3NNNC4C(Sc5ccccc5)C(Sc5ccccc5)C5CCCC2C5C43)cc1. The average Bonchev–Trinajstić information content (AvgIpc) is 3.09. The van der Waals surface area contributed by atoms with Crippen molar-refractivity contribution in [3.8, 4) is 0 Å². The zero-order valence-corrected chi connectivity index (χ0v) is 27.6. The fraction of sp³-hybridized carbons (Fsp3) is 0.278. The van der Waals surface area contributed by atoms with Crippen LogP contribution in [0.4, 0.5) is 0 Å². The summed E-state index contributed by atoms with van der Waals surface area (Å²) >= 11 is 8.08. The Kier molecular flexibility index (Phi) is 8.74. The van der Waals surface area contributed by atoms with Gasteiger partial charge in [0.2, 0.25) is 0 Å². The second kappa shape index (κ2) is 13.2. The molecule has 0 bridgehead atoms. The summed E-state index contributed by atoms with van der Waals surface area (Å²) < 4.78 is 0. The van der Waals surface area contributed by atoms with E-state index in [9.17, 15) is 0 Å². The van der Waals surface area contributed by atoms with Crippen molar-refractivity contribution in [3.05, 3.63) is 131 Å². The third kappa shape index (κ3) is 5.75. The summed E-state index contributed by atoms with van der Waals surface area (Å²) in [5.74, 6) is 1.69. The highest BCUT2D eigenvalue weighted by Crippen LogP contribution is 2.61. The molecular weight excluding hydrogens is 617 g/mol. The second-order valence-electron chi connectivity index (χ2n) is 11.8. The van der Waals surface area contributed by atoms with Gasteiger partial charge in [-0.1, -0.05) is 103 Å². The van der Waals surface area contributed by atoms with Crippen LogP contribution in [0.1, 0.15) is 19.3 Å². The van der Waals surface area contributed by atoms with E-state index < -0.39 is 0 Å². The molecule has 2 aliphatic carbocycles. The maximum absolute atomic E-state index is 3.80. The number of hydrogen-bond donors (Lipinski definition) is 3. The van der Waals surface area contributed by atoms with Gasteiger partial charge in [-0.05, 0) is 79.1 Å². The average molecular weight is 653 g/mol. The van der Waals surface area contributed by atoms with Gasteiger partial charge in [-0.2, -0.15) is 11.1 Å². The molecule has 224 valence electrons. The zero-order valence-electron chi connectivity index (χ0n) is 24.3. The lowest BCUT2D eigenvalue weighted by Crippen LogP contribution is -2.79. The second-order valence-corrected chi connectivity index (χ2v) is 16.5. The minimum absolute atomic E-state index is 0.263. The molecule has 2 saturated carbocycles. The summed E-state index contributed by atoms with van der Waals surface area (Å²) in [6.45, 7) is 0. The lowest BCUT2D eigenvalue weighted by Gasteiger charge is -2.63. The van der Waals surface area contributed by atoms with Crippen molar-refractivity contribution in [1.29, 1.82) is 0 Å². The van der Waals surface area contributed by atoms with Gasteiger partial charge in [0.1, 0.15) is 5.03 Å². The number of nitrogens with zero attached hydrogens (tertiary/aromatic N) is 1. The van der Waals surface area contributed by atoms with E-state index in [2.05, 4.69) is 166 Å². The van der Waals surface area contributed by atoms with E-state index in [0.717, 1.165) is 0 Å². The topological polar surface area (TPSA) is 39.3 Å². The van der Waals surface area contributed by atoms with Crippen molar-refractivity contribution in [2.75, 3.05) is 0 Å². The quantitative estimate of drug-likeness (QED) is 0.175. The fourth-order valence-corrected chi connectivity index (χ4v) is 13.1. The van der Waals surface area contributed by atoms with Crippen molar-refractivity contribution in [2.45, 2.75) is 61.4 Å². The summed E-state index contributed by atoms with van der Waals surface area (Å²) in [6.07, 6.45) is 3.81. The Labute approximate surface area is 277 Å². The third-order valence-electron chi connectivity index (χ3n) is 9.31. The molecule has 2 aliphatic heterocycles. The summed E-state index contributed by atoms with van der Waals surface area (Å²) in [7, 11) is 0. The van der Waals surface area contributed by atoms with Crippen molar-refractivity contribution in [1.82, 2.24) is 21.5 Å². The standard InChI is InChI=1S/C36H36N4S4/c1-5-14-24(15-6-1)41-33-28-22-13-23-29-30(28)32-31(35(33)43-26-18-9-3-10-19-26)37-38-39-40(32)36(44-27-20-11-4-12-21-27)34(29)42-25-16-7-2-8-17-25/h1-12,14-21,28-33,35,37-39H,13,22-23H2. The first kappa shape index (κ1) is 29.1. The third-order valence-corrected chi connectivity index (χ3v) is 14.8. The Morgan fingerprint density at radius 1 is 0.591 bits per heavy atom. The van der Waals surface area contributed by atoms with Crippen molar-refractivity contribution in [2.24, 2.45) is 17.8 Å². The van der Waals surface area contributed by atoms with Gasteiger partial charge in [0, 0.05) is 35.0 Å². The Morgan fingerprint density at radius 3 is 1.75 bits per heavy atom. The normalized spacial score (nSPS) is 29.3. The summed E-state index contributed by atoms with van der Waals surface area (Å²) in [5.41, 5.74) is 10.9. The molecule has 1 saturated heterocycles. The summed E-state index contributed by atoms with van der Waals surface area (Å²) in [6, 6.07) is 44.6. The number of hydrogen-bond acceptors (Lipinski definition) is 8. The van der Waals surface area contributed by atoms with E-state index in [0.29, 0.717) is 34.3 Å². The molecular formula is C36H36N4S4. The van der Waals surface area contributed by atoms with Crippen LogP contribution in [0.3, 0.4) is 0 Å². The molecule has 44 heavy (non-hydrogen) atoms. The number of benzene rings is 4. The number of hydrazine groups is 3. The highest BCUT2D eigenvalue weighted by atomic mass is 32.2. The van der Waals surface area contributed by atoms with Crippen LogP contribution in [0, 0.1) is 17.8 Å². The van der Waals surface area contributed by atoms with Gasteiger partial charge in [0.15, 0.2) is 0 Å². The number of rotatable bonds is 8. The van der Waals surface area contributed by atoms with E-state index in [1.165, 1.54) is 48.8 Å². The highest BCUT2D eigenvalue weighted by molar-refractivity contribution is 8.06. The molecule has 8 rings (SSSR count). The molecule has 2 heterocycles. The maximum atomic E-state index is 3.80. The lowest BCUT2D eigenvalue weighted by atomic mass is 9.60. The molecule has 0 aromatic heterocycles. The Balaban J connectivity index is 1.25. The van der Waals surface area contributed by atoms with Gasteiger partial charge in [0.25, 0.3) is 0 Å². The van der Waals surface area contributed by atoms with E-state index in [1.807, 2.05) is 23.5 Å². The number of nitrogens with one attached hydrogen (secondary N) is 3. The predicted octanol–water partition coefficient (Wildman–Crippen LogP) is 8.69. The molecule has 0 radical (unpaired) electrons. The minimum Gasteiger partial charge on any atom is -0.281 e. The first-order valence-electron chi connectivity index (χ1n) is 15.5. The number of allylic oxidation sites excluding steroid dienone is 1. The van der Waals surface area contributed by atoms with Crippen LogP contribution in [0.5, 0.6) is 0 Å². The van der Waals surface area contributed by atoms with Gasteiger partial charge in [-0.3, -0.25) is 5.01 Å². The zero-order chi connectivity index (χ0) is 29.3. The molecule has 4 aromatic carbocycles. The molecule has 8 heteroatoms. The molecule has 3 fully saturated rings. The van der Waals surface area contributed by atoms with E-state index in [4.69, 9.17) is 0 Å².